The average Bonchev–Trinajstić information content (AvgIpc) is 3.79. The van der Waals surface area contributed by atoms with Gasteiger partial charge >= 0.3 is 6.01 Å². The Bertz CT molecular complexity index is 1620. The van der Waals surface area contributed by atoms with Gasteiger partial charge in [-0.1, -0.05) is 32.9 Å². The highest BCUT2D eigenvalue weighted by atomic mass is 32.2. The van der Waals surface area contributed by atoms with Gasteiger partial charge in [-0.25, -0.2) is 13.4 Å². The second kappa shape index (κ2) is 12.7. The molecule has 15 heteroatoms. The van der Waals surface area contributed by atoms with Gasteiger partial charge in [0.25, 0.3) is 5.91 Å². The molecule has 2 aromatic rings. The summed E-state index contributed by atoms with van der Waals surface area (Å²) in [5, 5.41) is 7.56. The normalized spacial score (nSPS) is 24.9. The van der Waals surface area contributed by atoms with E-state index in [1.807, 2.05) is 43.0 Å². The van der Waals surface area contributed by atoms with Gasteiger partial charge in [0, 0.05) is 25.0 Å². The Hall–Kier alpha value is -3.85. The minimum atomic E-state index is -3.91. The average molecular weight is 673 g/mol. The largest absolute Gasteiger partial charge is 0.458 e. The number of aromatic nitrogens is 2. The fourth-order valence-corrected chi connectivity index (χ4v) is 6.91. The lowest BCUT2D eigenvalue weighted by atomic mass is 9.85. The maximum absolute atomic E-state index is 14.2. The number of amides is 4. The van der Waals surface area contributed by atoms with Gasteiger partial charge in [-0.2, -0.15) is 4.98 Å². The molecular formula is C31H40N6O7S2. The molecule has 1 unspecified atom stereocenters. The van der Waals surface area contributed by atoms with Gasteiger partial charge in [0.15, 0.2) is 0 Å². The Kier molecular flexibility index (Phi) is 9.28. The Balaban J connectivity index is 1.40. The lowest BCUT2D eigenvalue weighted by molar-refractivity contribution is -0.144. The fraction of sp³-hybridized carbons (Fsp3) is 0.548. The Morgan fingerprint density at radius 3 is 2.57 bits per heavy atom. The first-order valence-electron chi connectivity index (χ1n) is 15.2. The number of sulfonamides is 1. The van der Waals surface area contributed by atoms with Crippen molar-refractivity contribution in [3.8, 4) is 16.6 Å². The van der Waals surface area contributed by atoms with Crippen LogP contribution in [-0.2, 0) is 29.2 Å². The second-order valence-electron chi connectivity index (χ2n) is 13.4. The highest BCUT2D eigenvalue weighted by molar-refractivity contribution is 7.89. The number of nitrogens with zero attached hydrogens (tertiary/aromatic N) is 3. The molecular weight excluding hydrogens is 633 g/mol. The van der Waals surface area contributed by atoms with E-state index in [0.717, 1.165) is 24.0 Å². The van der Waals surface area contributed by atoms with E-state index in [-0.39, 0.29) is 31.3 Å². The van der Waals surface area contributed by atoms with Gasteiger partial charge in [-0.15, -0.1) is 17.9 Å². The quantitative estimate of drug-likeness (QED) is 0.285. The van der Waals surface area contributed by atoms with Crippen LogP contribution in [0.1, 0.15) is 52.9 Å². The van der Waals surface area contributed by atoms with Crippen LogP contribution in [-0.4, -0.2) is 83.4 Å². The zero-order valence-electron chi connectivity index (χ0n) is 26.3. The molecule has 2 aromatic heterocycles. The number of carbonyl (C=O) groups is 4. The number of carbonyl (C=O) groups excluding carboxylic acids is 4. The van der Waals surface area contributed by atoms with Crippen LogP contribution in [0, 0.1) is 17.3 Å². The number of nitrogens with one attached hydrogen (secondary N) is 3. The SMILES string of the molecule is C=CC1C[C@]1(NC(=O)[C@@H]1C[C@@H](Oc2nccc(-c3cccs3)n2)CN1C(=O)[C@@H](NC(=O)CC1CC1)C(C)(C)C)C(=O)NS(C)(=O)=O. The van der Waals surface area contributed by atoms with E-state index in [1.165, 1.54) is 22.3 Å². The van der Waals surface area contributed by atoms with Crippen LogP contribution in [0.4, 0.5) is 0 Å². The van der Waals surface area contributed by atoms with Crippen molar-refractivity contribution in [1.29, 1.82) is 0 Å². The molecule has 3 heterocycles. The van der Waals surface area contributed by atoms with Crippen molar-refractivity contribution in [3.05, 3.63) is 42.4 Å². The third-order valence-corrected chi connectivity index (χ3v) is 9.89. The van der Waals surface area contributed by atoms with Gasteiger partial charge in [-0.3, -0.25) is 23.9 Å². The summed E-state index contributed by atoms with van der Waals surface area (Å²) in [4.78, 5) is 65.2. The highest BCUT2D eigenvalue weighted by Gasteiger charge is 2.61. The number of thiophene rings is 1. The van der Waals surface area contributed by atoms with Gasteiger partial charge < -0.3 is 20.3 Å². The van der Waals surface area contributed by atoms with E-state index in [4.69, 9.17) is 4.74 Å². The fourth-order valence-electron chi connectivity index (χ4n) is 5.70. The van der Waals surface area contributed by atoms with Crippen molar-refractivity contribution >= 4 is 45.0 Å². The molecule has 2 saturated carbocycles. The highest BCUT2D eigenvalue weighted by Crippen LogP contribution is 2.45. The Labute approximate surface area is 272 Å². The molecule has 0 bridgehead atoms. The minimum absolute atomic E-state index is 0.0119. The molecule has 46 heavy (non-hydrogen) atoms. The van der Waals surface area contributed by atoms with E-state index in [2.05, 4.69) is 27.2 Å². The first kappa shape index (κ1) is 33.5. The molecule has 1 aliphatic heterocycles. The van der Waals surface area contributed by atoms with Crippen LogP contribution >= 0.6 is 11.3 Å². The van der Waals surface area contributed by atoms with Crippen LogP contribution in [0.25, 0.3) is 10.6 Å². The molecule has 5 atom stereocenters. The maximum atomic E-state index is 14.2. The number of hydrogen-bond acceptors (Lipinski definition) is 10. The summed E-state index contributed by atoms with van der Waals surface area (Å²) in [7, 11) is -3.91. The van der Waals surface area contributed by atoms with Crippen molar-refractivity contribution in [1.82, 2.24) is 30.2 Å². The molecule has 1 saturated heterocycles. The molecule has 0 radical (unpaired) electrons. The molecule has 3 N–H and O–H groups in total. The summed E-state index contributed by atoms with van der Waals surface area (Å²) in [6, 6.07) is 3.60. The third kappa shape index (κ3) is 7.74. The van der Waals surface area contributed by atoms with Gasteiger partial charge in [0.1, 0.15) is 23.7 Å². The molecule has 3 fully saturated rings. The summed E-state index contributed by atoms with van der Waals surface area (Å²) in [5.74, 6) is -2.43. The van der Waals surface area contributed by atoms with Crippen LogP contribution in [0.15, 0.2) is 42.4 Å². The molecule has 4 amide bonds. The predicted octanol–water partition coefficient (Wildman–Crippen LogP) is 2.02. The zero-order valence-corrected chi connectivity index (χ0v) is 27.9. The Morgan fingerprint density at radius 2 is 1.98 bits per heavy atom. The van der Waals surface area contributed by atoms with Gasteiger partial charge in [0.2, 0.25) is 27.7 Å². The van der Waals surface area contributed by atoms with E-state index in [9.17, 15) is 27.6 Å². The van der Waals surface area contributed by atoms with Gasteiger partial charge in [0.05, 0.1) is 23.4 Å². The summed E-state index contributed by atoms with van der Waals surface area (Å²) in [5.41, 5.74) is -1.57. The molecule has 0 spiro atoms. The lowest BCUT2D eigenvalue weighted by Gasteiger charge is -2.35. The van der Waals surface area contributed by atoms with E-state index < -0.39 is 62.8 Å². The zero-order chi connectivity index (χ0) is 33.4. The van der Waals surface area contributed by atoms with Crippen molar-refractivity contribution in [2.24, 2.45) is 17.3 Å². The van der Waals surface area contributed by atoms with Crippen molar-refractivity contribution in [2.45, 2.75) is 76.6 Å². The van der Waals surface area contributed by atoms with Crippen LogP contribution in [0.3, 0.4) is 0 Å². The first-order chi connectivity index (χ1) is 21.6. The van der Waals surface area contributed by atoms with E-state index >= 15 is 0 Å². The maximum Gasteiger partial charge on any atom is 0.317 e. The van der Waals surface area contributed by atoms with E-state index in [1.54, 1.807) is 12.3 Å². The predicted molar refractivity (Wildman–Crippen MR) is 171 cm³/mol. The van der Waals surface area contributed by atoms with E-state index in [0.29, 0.717) is 18.0 Å². The van der Waals surface area contributed by atoms with Crippen molar-refractivity contribution in [2.75, 3.05) is 12.8 Å². The third-order valence-electron chi connectivity index (χ3n) is 8.45. The second-order valence-corrected chi connectivity index (χ2v) is 16.1. The number of rotatable bonds is 12. The number of ether oxygens (including phenoxy) is 1. The number of hydrogen-bond donors (Lipinski definition) is 3. The van der Waals surface area contributed by atoms with Crippen molar-refractivity contribution < 1.29 is 32.3 Å². The lowest BCUT2D eigenvalue weighted by Crippen LogP contribution is -2.60. The standard InChI is InChI=1S/C31H40N6O7S2/c1-6-19-16-31(19,28(41)36-46(5,42)43)35-26(39)22-15-20(44-29-32-12-11-21(33-29)23-8-7-13-45-23)17-37(22)27(40)25(30(2,3)4)34-24(38)14-18-9-10-18/h6-8,11-13,18-20,22,25H,1,9-10,14-17H2,2-5H3,(H,34,38)(H,35,39)(H,36,41)/t19?,20-,22+,25-,31-/m1/s1. The first-order valence-corrected chi connectivity index (χ1v) is 18.0. The topological polar surface area (TPSA) is 177 Å². The summed E-state index contributed by atoms with van der Waals surface area (Å²) in [6.45, 7) is 9.20. The van der Waals surface area contributed by atoms with Crippen LogP contribution in [0.5, 0.6) is 6.01 Å². The molecule has 248 valence electrons. The molecule has 13 nitrogen and oxygen atoms in total. The Morgan fingerprint density at radius 1 is 1.24 bits per heavy atom. The number of likely N-dealkylation sites (tertiary alicyclic amines) is 1. The smallest absolute Gasteiger partial charge is 0.317 e. The monoisotopic (exact) mass is 672 g/mol. The minimum Gasteiger partial charge on any atom is -0.458 e. The molecule has 3 aliphatic rings. The van der Waals surface area contributed by atoms with Gasteiger partial charge in [-0.05, 0) is 48.1 Å². The molecule has 2 aliphatic carbocycles. The van der Waals surface area contributed by atoms with Crippen molar-refractivity contribution in [3.63, 3.8) is 0 Å². The summed E-state index contributed by atoms with van der Waals surface area (Å²) < 4.78 is 31.8. The van der Waals surface area contributed by atoms with Crippen LogP contribution in [0.2, 0.25) is 0 Å². The summed E-state index contributed by atoms with van der Waals surface area (Å²) >= 11 is 1.51. The van der Waals surface area contributed by atoms with Crippen LogP contribution < -0.4 is 20.1 Å². The summed E-state index contributed by atoms with van der Waals surface area (Å²) in [6.07, 6.45) is 5.67. The molecule has 5 rings (SSSR count). The molecule has 0 aromatic carbocycles.